The highest BCUT2D eigenvalue weighted by Crippen LogP contribution is 2.20. The molecule has 0 radical (unpaired) electrons. The van der Waals surface area contributed by atoms with Crippen LogP contribution in [0.3, 0.4) is 0 Å². The third-order valence-corrected chi connectivity index (χ3v) is 5.14. The van der Waals surface area contributed by atoms with Crippen molar-refractivity contribution in [3.8, 4) is 0 Å². The molecular formula is C20H39N3O3. The van der Waals surface area contributed by atoms with Crippen molar-refractivity contribution in [1.29, 1.82) is 0 Å². The summed E-state index contributed by atoms with van der Waals surface area (Å²) in [4.78, 5) is 7.18. The highest BCUT2D eigenvalue weighted by molar-refractivity contribution is 5.80. The van der Waals surface area contributed by atoms with Crippen LogP contribution in [0.15, 0.2) is 4.99 Å². The van der Waals surface area contributed by atoms with Gasteiger partial charge >= 0.3 is 0 Å². The fourth-order valence-corrected chi connectivity index (χ4v) is 3.67. The van der Waals surface area contributed by atoms with Crippen molar-refractivity contribution in [2.24, 2.45) is 4.99 Å². The molecule has 6 heteroatoms. The van der Waals surface area contributed by atoms with E-state index < -0.39 is 0 Å². The number of guanidine groups is 1. The van der Waals surface area contributed by atoms with Gasteiger partial charge in [0.15, 0.2) is 5.96 Å². The van der Waals surface area contributed by atoms with Crippen LogP contribution in [-0.2, 0) is 14.2 Å². The molecule has 152 valence electrons. The maximum atomic E-state index is 5.95. The molecule has 0 spiro atoms. The lowest BCUT2D eigenvalue weighted by atomic mass is 10.1. The Labute approximate surface area is 159 Å². The van der Waals surface area contributed by atoms with Crippen molar-refractivity contribution < 1.29 is 14.2 Å². The van der Waals surface area contributed by atoms with E-state index in [1.807, 2.05) is 0 Å². The van der Waals surface area contributed by atoms with E-state index in [0.29, 0.717) is 12.2 Å². The van der Waals surface area contributed by atoms with Crippen LogP contribution in [-0.4, -0.2) is 76.2 Å². The van der Waals surface area contributed by atoms with Gasteiger partial charge in [0.05, 0.1) is 12.2 Å². The minimum atomic E-state index is 0.380. The second-order valence-electron chi connectivity index (χ2n) is 7.27. The molecule has 2 fully saturated rings. The monoisotopic (exact) mass is 369 g/mol. The fraction of sp³-hybridized carbons (Fsp3) is 0.950. The molecule has 1 aliphatic heterocycles. The van der Waals surface area contributed by atoms with Gasteiger partial charge in [0.1, 0.15) is 0 Å². The molecule has 1 saturated heterocycles. The number of methoxy groups -OCH3 is 1. The summed E-state index contributed by atoms with van der Waals surface area (Å²) in [5, 5.41) is 3.44. The largest absolute Gasteiger partial charge is 0.385 e. The van der Waals surface area contributed by atoms with Gasteiger partial charge in [-0.05, 0) is 45.4 Å². The fourth-order valence-electron chi connectivity index (χ4n) is 3.67. The third kappa shape index (κ3) is 8.23. The molecule has 0 amide bonds. The third-order valence-electron chi connectivity index (χ3n) is 5.14. The number of rotatable bonds is 11. The molecule has 0 atom stereocenters. The summed E-state index contributed by atoms with van der Waals surface area (Å²) >= 11 is 0. The van der Waals surface area contributed by atoms with Crippen LogP contribution >= 0.6 is 0 Å². The van der Waals surface area contributed by atoms with Gasteiger partial charge in [-0.15, -0.1) is 0 Å². The van der Waals surface area contributed by atoms with E-state index in [2.05, 4.69) is 17.1 Å². The number of aliphatic imine (C=N–C) groups is 1. The van der Waals surface area contributed by atoms with Crippen LogP contribution in [0.5, 0.6) is 0 Å². The maximum absolute atomic E-state index is 5.95. The molecule has 1 saturated carbocycles. The maximum Gasteiger partial charge on any atom is 0.193 e. The molecule has 2 rings (SSSR count). The molecule has 2 aliphatic rings. The van der Waals surface area contributed by atoms with E-state index in [-0.39, 0.29) is 0 Å². The average molecular weight is 370 g/mol. The lowest BCUT2D eigenvalue weighted by Gasteiger charge is -2.34. The number of hydrogen-bond acceptors (Lipinski definition) is 4. The minimum Gasteiger partial charge on any atom is -0.385 e. The minimum absolute atomic E-state index is 0.380. The predicted molar refractivity (Wildman–Crippen MR) is 106 cm³/mol. The highest BCUT2D eigenvalue weighted by Gasteiger charge is 2.21. The normalized spacial score (nSPS) is 20.1. The molecule has 0 bridgehead atoms. The van der Waals surface area contributed by atoms with Crippen molar-refractivity contribution in [3.63, 3.8) is 0 Å². The van der Waals surface area contributed by atoms with Gasteiger partial charge < -0.3 is 24.4 Å². The molecule has 1 N–H and O–H groups in total. The Balaban J connectivity index is 1.62. The topological polar surface area (TPSA) is 55.3 Å². The van der Waals surface area contributed by atoms with Crippen molar-refractivity contribution in [2.45, 2.75) is 70.5 Å². The highest BCUT2D eigenvalue weighted by atomic mass is 16.5. The van der Waals surface area contributed by atoms with Crippen LogP contribution in [0, 0.1) is 0 Å². The Bertz CT molecular complexity index is 378. The number of hydrogen-bond donors (Lipinski definition) is 1. The van der Waals surface area contributed by atoms with Crippen LogP contribution in [0.4, 0.5) is 0 Å². The first-order valence-electron chi connectivity index (χ1n) is 10.6. The molecule has 6 nitrogen and oxygen atoms in total. The van der Waals surface area contributed by atoms with Gasteiger partial charge in [-0.3, -0.25) is 4.99 Å². The van der Waals surface area contributed by atoms with Crippen molar-refractivity contribution >= 4 is 5.96 Å². The van der Waals surface area contributed by atoms with Gasteiger partial charge in [0.2, 0.25) is 0 Å². The summed E-state index contributed by atoms with van der Waals surface area (Å²) in [5.41, 5.74) is 0. The summed E-state index contributed by atoms with van der Waals surface area (Å²) in [6.07, 6.45) is 10.2. The Morgan fingerprint density at radius 3 is 2.27 bits per heavy atom. The number of likely N-dealkylation sites (tertiary alicyclic amines) is 1. The van der Waals surface area contributed by atoms with Gasteiger partial charge in [0, 0.05) is 53.1 Å². The van der Waals surface area contributed by atoms with Crippen molar-refractivity contribution in [3.05, 3.63) is 0 Å². The number of nitrogens with zero attached hydrogens (tertiary/aromatic N) is 2. The van der Waals surface area contributed by atoms with Crippen molar-refractivity contribution in [2.75, 3.05) is 53.1 Å². The second kappa shape index (κ2) is 13.3. The van der Waals surface area contributed by atoms with E-state index in [1.54, 1.807) is 7.11 Å². The van der Waals surface area contributed by atoms with Gasteiger partial charge in [0.25, 0.3) is 0 Å². The summed E-state index contributed by atoms with van der Waals surface area (Å²) in [5.74, 6) is 1.05. The quantitative estimate of drug-likeness (QED) is 0.345. The smallest absolute Gasteiger partial charge is 0.193 e. The number of piperidine rings is 1. The summed E-state index contributed by atoms with van der Waals surface area (Å²) in [6.45, 7) is 8.32. The summed E-state index contributed by atoms with van der Waals surface area (Å²) in [6, 6.07) is 0. The molecule has 0 aromatic rings. The van der Waals surface area contributed by atoms with Gasteiger partial charge in [-0.25, -0.2) is 0 Å². The van der Waals surface area contributed by atoms with Crippen LogP contribution < -0.4 is 5.32 Å². The van der Waals surface area contributed by atoms with E-state index >= 15 is 0 Å². The molecule has 0 aromatic heterocycles. The number of nitrogens with one attached hydrogen (secondary N) is 1. The Hall–Kier alpha value is -0.850. The van der Waals surface area contributed by atoms with E-state index in [9.17, 15) is 0 Å². The molecule has 0 unspecified atom stereocenters. The first-order chi connectivity index (χ1) is 12.8. The number of ether oxygens (including phenoxy) is 3. The SMILES string of the molecule is CCNC(=NCCCOC1CCCC1)N1CCC(OCCCOC)CC1. The lowest BCUT2D eigenvalue weighted by Crippen LogP contribution is -2.47. The standard InChI is InChI=1S/C20H39N3O3/c1-3-21-20(22-12-6-16-25-18-8-4-5-9-18)23-13-10-19(11-14-23)26-17-7-15-24-2/h18-19H,3-17H2,1-2H3,(H,21,22). The van der Waals surface area contributed by atoms with Crippen LogP contribution in [0.2, 0.25) is 0 Å². The molecular weight excluding hydrogens is 330 g/mol. The van der Waals surface area contributed by atoms with Gasteiger partial charge in [-0.2, -0.15) is 0 Å². The zero-order valence-corrected chi connectivity index (χ0v) is 16.9. The zero-order valence-electron chi connectivity index (χ0n) is 16.9. The zero-order chi connectivity index (χ0) is 18.5. The lowest BCUT2D eigenvalue weighted by molar-refractivity contribution is 0.00989. The first-order valence-corrected chi connectivity index (χ1v) is 10.6. The summed E-state index contributed by atoms with van der Waals surface area (Å²) in [7, 11) is 1.74. The summed E-state index contributed by atoms with van der Waals surface area (Å²) < 4.78 is 17.0. The van der Waals surface area contributed by atoms with Crippen molar-refractivity contribution in [1.82, 2.24) is 10.2 Å². The van der Waals surface area contributed by atoms with E-state index in [4.69, 9.17) is 19.2 Å². The van der Waals surface area contributed by atoms with Crippen LogP contribution in [0.25, 0.3) is 0 Å². The molecule has 1 aliphatic carbocycles. The molecule has 26 heavy (non-hydrogen) atoms. The van der Waals surface area contributed by atoms with Gasteiger partial charge in [-0.1, -0.05) is 12.8 Å². The second-order valence-corrected chi connectivity index (χ2v) is 7.27. The van der Waals surface area contributed by atoms with E-state index in [1.165, 1.54) is 25.7 Å². The van der Waals surface area contributed by atoms with Crippen LogP contribution in [0.1, 0.15) is 58.3 Å². The predicted octanol–water partition coefficient (Wildman–Crippen LogP) is 2.82. The Morgan fingerprint density at radius 1 is 0.962 bits per heavy atom. The first kappa shape index (κ1) is 21.5. The molecule has 1 heterocycles. The molecule has 0 aromatic carbocycles. The Morgan fingerprint density at radius 2 is 1.62 bits per heavy atom. The average Bonchev–Trinajstić information content (AvgIpc) is 3.18. The Kier molecular flexibility index (Phi) is 11.0. The van der Waals surface area contributed by atoms with E-state index in [0.717, 1.165) is 77.6 Å².